The first-order valence-electron chi connectivity index (χ1n) is 8.91. The predicted octanol–water partition coefficient (Wildman–Crippen LogP) is 1.19. The monoisotopic (exact) mass is 361 g/mol. The number of benzene rings is 1. The summed E-state index contributed by atoms with van der Waals surface area (Å²) in [7, 11) is 1.56. The van der Waals surface area contributed by atoms with Gasteiger partial charge in [-0.05, 0) is 37.1 Å². The molecule has 1 aromatic carbocycles. The predicted molar refractivity (Wildman–Crippen MR) is 97.9 cm³/mol. The molecule has 0 saturated carbocycles. The smallest absolute Gasteiger partial charge is 0.251 e. The second-order valence-corrected chi connectivity index (χ2v) is 6.73. The number of ether oxygens (including phenoxy) is 1. The Hall–Kier alpha value is -2.57. The molecule has 26 heavy (non-hydrogen) atoms. The molecule has 142 valence electrons. The van der Waals surface area contributed by atoms with Crippen LogP contribution in [0.4, 0.5) is 0 Å². The van der Waals surface area contributed by atoms with Gasteiger partial charge in [-0.15, -0.1) is 0 Å². The molecule has 0 spiro atoms. The molecule has 0 atom stereocenters. The van der Waals surface area contributed by atoms with E-state index in [0.717, 1.165) is 12.8 Å². The average molecular weight is 361 g/mol. The fraction of sp³-hybridized carbons (Fsp3) is 0.526. The van der Waals surface area contributed by atoms with Gasteiger partial charge in [-0.25, -0.2) is 0 Å². The number of hydrogen-bond acceptors (Lipinski definition) is 4. The Kier molecular flexibility index (Phi) is 7.00. The molecule has 2 rings (SSSR count). The zero-order valence-corrected chi connectivity index (χ0v) is 15.6. The van der Waals surface area contributed by atoms with Crippen LogP contribution in [0.1, 0.15) is 37.0 Å². The van der Waals surface area contributed by atoms with Crippen LogP contribution >= 0.6 is 0 Å². The largest absolute Gasteiger partial charge is 0.497 e. The number of carbonyl (C=O) groups excluding carboxylic acids is 3. The fourth-order valence-corrected chi connectivity index (χ4v) is 2.89. The average Bonchev–Trinajstić information content (AvgIpc) is 2.66. The molecule has 2 N–H and O–H groups in total. The number of likely N-dealkylation sites (tertiary alicyclic amines) is 1. The molecule has 3 amide bonds. The van der Waals surface area contributed by atoms with Crippen LogP contribution in [0.2, 0.25) is 0 Å². The van der Waals surface area contributed by atoms with Crippen LogP contribution in [0, 0.1) is 5.92 Å². The molecule has 0 bridgehead atoms. The quantitative estimate of drug-likeness (QED) is 0.797. The summed E-state index contributed by atoms with van der Waals surface area (Å²) in [4.78, 5) is 37.9. The zero-order chi connectivity index (χ0) is 19.1. The van der Waals surface area contributed by atoms with Gasteiger partial charge in [0.1, 0.15) is 5.75 Å². The van der Waals surface area contributed by atoms with Crippen molar-refractivity contribution in [3.8, 4) is 5.75 Å². The van der Waals surface area contributed by atoms with Crippen molar-refractivity contribution >= 4 is 17.7 Å². The van der Waals surface area contributed by atoms with Crippen molar-refractivity contribution in [1.29, 1.82) is 0 Å². The van der Waals surface area contributed by atoms with E-state index in [1.165, 1.54) is 0 Å². The maximum atomic E-state index is 12.0. The number of nitrogens with zero attached hydrogens (tertiary/aromatic N) is 1. The van der Waals surface area contributed by atoms with Gasteiger partial charge < -0.3 is 20.3 Å². The van der Waals surface area contributed by atoms with Crippen molar-refractivity contribution in [1.82, 2.24) is 15.5 Å². The number of piperidine rings is 1. The lowest BCUT2D eigenvalue weighted by Crippen LogP contribution is -2.49. The SMILES string of the molecule is COc1ccc(C(=O)NCC(=O)NC2CCN(C(=O)C(C)C)CC2)cc1. The maximum Gasteiger partial charge on any atom is 0.251 e. The van der Waals surface area contributed by atoms with E-state index in [2.05, 4.69) is 10.6 Å². The van der Waals surface area contributed by atoms with Crippen LogP contribution in [0.5, 0.6) is 5.75 Å². The maximum absolute atomic E-state index is 12.0. The van der Waals surface area contributed by atoms with Crippen LogP contribution in [0.25, 0.3) is 0 Å². The van der Waals surface area contributed by atoms with E-state index in [9.17, 15) is 14.4 Å². The Morgan fingerprint density at radius 2 is 1.77 bits per heavy atom. The van der Waals surface area contributed by atoms with Crippen LogP contribution in [-0.4, -0.2) is 55.4 Å². The Bertz CT molecular complexity index is 635. The molecule has 1 aliphatic rings. The lowest BCUT2D eigenvalue weighted by molar-refractivity contribution is -0.135. The molecule has 1 fully saturated rings. The Balaban J connectivity index is 1.72. The summed E-state index contributed by atoms with van der Waals surface area (Å²) in [5, 5.41) is 5.53. The molecule has 1 aliphatic heterocycles. The van der Waals surface area contributed by atoms with Crippen molar-refractivity contribution in [3.63, 3.8) is 0 Å². The van der Waals surface area contributed by atoms with Gasteiger partial charge in [-0.2, -0.15) is 0 Å². The van der Waals surface area contributed by atoms with Crippen LogP contribution < -0.4 is 15.4 Å². The minimum atomic E-state index is -0.305. The summed E-state index contributed by atoms with van der Waals surface area (Å²) in [6, 6.07) is 6.72. The lowest BCUT2D eigenvalue weighted by atomic mass is 10.0. The Labute approximate surface area is 154 Å². The van der Waals surface area contributed by atoms with Gasteiger partial charge in [0.25, 0.3) is 5.91 Å². The van der Waals surface area contributed by atoms with Crippen LogP contribution in [-0.2, 0) is 9.59 Å². The molecular formula is C19H27N3O4. The third kappa shape index (κ3) is 5.47. The van der Waals surface area contributed by atoms with E-state index < -0.39 is 0 Å². The third-order valence-electron chi connectivity index (χ3n) is 4.43. The van der Waals surface area contributed by atoms with Crippen molar-refractivity contribution in [2.24, 2.45) is 5.92 Å². The Morgan fingerprint density at radius 3 is 2.31 bits per heavy atom. The minimum Gasteiger partial charge on any atom is -0.497 e. The summed E-state index contributed by atoms with van der Waals surface area (Å²) >= 11 is 0. The molecule has 1 heterocycles. The molecule has 0 radical (unpaired) electrons. The molecule has 0 unspecified atom stereocenters. The molecule has 7 nitrogen and oxygen atoms in total. The number of carbonyl (C=O) groups is 3. The molecule has 0 aliphatic carbocycles. The first kappa shape index (κ1) is 19.8. The fourth-order valence-electron chi connectivity index (χ4n) is 2.89. The molecule has 1 saturated heterocycles. The third-order valence-corrected chi connectivity index (χ3v) is 4.43. The van der Waals surface area contributed by atoms with Gasteiger partial charge in [-0.3, -0.25) is 14.4 Å². The highest BCUT2D eigenvalue weighted by Crippen LogP contribution is 2.13. The number of nitrogens with one attached hydrogen (secondary N) is 2. The van der Waals surface area contributed by atoms with E-state index >= 15 is 0 Å². The molecule has 0 aromatic heterocycles. The highest BCUT2D eigenvalue weighted by atomic mass is 16.5. The van der Waals surface area contributed by atoms with Crippen LogP contribution in [0.3, 0.4) is 0 Å². The van der Waals surface area contributed by atoms with Gasteiger partial charge in [0.15, 0.2) is 0 Å². The highest BCUT2D eigenvalue weighted by molar-refractivity contribution is 5.96. The highest BCUT2D eigenvalue weighted by Gasteiger charge is 2.25. The van der Waals surface area contributed by atoms with Crippen molar-refractivity contribution < 1.29 is 19.1 Å². The van der Waals surface area contributed by atoms with Crippen molar-refractivity contribution in [2.45, 2.75) is 32.7 Å². The summed E-state index contributed by atoms with van der Waals surface area (Å²) in [5.74, 6) is 0.290. The second-order valence-electron chi connectivity index (χ2n) is 6.73. The van der Waals surface area contributed by atoms with E-state index in [1.54, 1.807) is 31.4 Å². The zero-order valence-electron chi connectivity index (χ0n) is 15.6. The van der Waals surface area contributed by atoms with E-state index in [4.69, 9.17) is 4.74 Å². The summed E-state index contributed by atoms with van der Waals surface area (Å²) in [6.45, 7) is 5.01. The number of methoxy groups -OCH3 is 1. The van der Waals surface area contributed by atoms with Gasteiger partial charge in [-0.1, -0.05) is 13.8 Å². The van der Waals surface area contributed by atoms with Crippen molar-refractivity contribution in [2.75, 3.05) is 26.7 Å². The summed E-state index contributed by atoms with van der Waals surface area (Å²) in [5.41, 5.74) is 0.471. The second kappa shape index (κ2) is 9.22. The van der Waals surface area contributed by atoms with Crippen LogP contribution in [0.15, 0.2) is 24.3 Å². The van der Waals surface area contributed by atoms with E-state index in [0.29, 0.717) is 24.4 Å². The molecule has 7 heteroatoms. The Morgan fingerprint density at radius 1 is 1.15 bits per heavy atom. The first-order chi connectivity index (χ1) is 12.4. The normalized spacial score (nSPS) is 14.8. The standard InChI is InChI=1S/C19H27N3O4/c1-13(2)19(25)22-10-8-15(9-11-22)21-17(23)12-20-18(24)14-4-6-16(26-3)7-5-14/h4-7,13,15H,8-12H2,1-3H3,(H,20,24)(H,21,23). The summed E-state index contributed by atoms with van der Waals surface area (Å²) in [6.07, 6.45) is 1.47. The summed E-state index contributed by atoms with van der Waals surface area (Å²) < 4.78 is 5.05. The number of amides is 3. The number of rotatable bonds is 6. The molecular weight excluding hydrogens is 334 g/mol. The topological polar surface area (TPSA) is 87.7 Å². The number of hydrogen-bond donors (Lipinski definition) is 2. The minimum absolute atomic E-state index is 0.00527. The van der Waals surface area contributed by atoms with E-state index in [-0.39, 0.29) is 36.2 Å². The van der Waals surface area contributed by atoms with Crippen molar-refractivity contribution in [3.05, 3.63) is 29.8 Å². The lowest BCUT2D eigenvalue weighted by Gasteiger charge is -2.33. The molecule has 1 aromatic rings. The first-order valence-corrected chi connectivity index (χ1v) is 8.91. The van der Waals surface area contributed by atoms with Gasteiger partial charge in [0.05, 0.1) is 13.7 Å². The van der Waals surface area contributed by atoms with Gasteiger partial charge in [0.2, 0.25) is 11.8 Å². The van der Waals surface area contributed by atoms with Gasteiger partial charge >= 0.3 is 0 Å². The van der Waals surface area contributed by atoms with Gasteiger partial charge in [0, 0.05) is 30.6 Å². The van der Waals surface area contributed by atoms with E-state index in [1.807, 2.05) is 18.7 Å².